The highest BCUT2D eigenvalue weighted by Crippen LogP contribution is 2.28. The Morgan fingerprint density at radius 3 is 3.00 bits per heavy atom. The first-order chi connectivity index (χ1) is 11.6. The van der Waals surface area contributed by atoms with Crippen LogP contribution in [0.4, 0.5) is 0 Å². The second-order valence-electron chi connectivity index (χ2n) is 6.56. The maximum absolute atomic E-state index is 12.7. The van der Waals surface area contributed by atoms with E-state index in [1.54, 1.807) is 6.20 Å². The van der Waals surface area contributed by atoms with Crippen molar-refractivity contribution >= 4 is 16.9 Å². The number of carbonyl (C=O) groups excluding carboxylic acids is 1. The number of likely N-dealkylation sites (tertiary alicyclic amines) is 1. The van der Waals surface area contributed by atoms with Crippen LogP contribution >= 0.6 is 0 Å². The van der Waals surface area contributed by atoms with Gasteiger partial charge in [-0.2, -0.15) is 0 Å². The Morgan fingerprint density at radius 1 is 1.33 bits per heavy atom. The number of H-pyrrole nitrogens is 2. The molecule has 24 heavy (non-hydrogen) atoms. The van der Waals surface area contributed by atoms with Gasteiger partial charge in [-0.05, 0) is 44.3 Å². The van der Waals surface area contributed by atoms with Crippen molar-refractivity contribution < 1.29 is 4.79 Å². The maximum Gasteiger partial charge on any atom is 0.270 e. The van der Waals surface area contributed by atoms with Crippen LogP contribution in [0.3, 0.4) is 0 Å². The quantitative estimate of drug-likeness (QED) is 0.777. The lowest BCUT2D eigenvalue weighted by Gasteiger charge is -2.20. The third-order valence-corrected chi connectivity index (χ3v) is 4.87. The molecular formula is C18H21N5O. The van der Waals surface area contributed by atoms with E-state index in [9.17, 15) is 4.79 Å². The Balaban J connectivity index is 1.59. The topological polar surface area (TPSA) is 68.0 Å². The summed E-state index contributed by atoms with van der Waals surface area (Å²) in [6.45, 7) is 1.60. The summed E-state index contributed by atoms with van der Waals surface area (Å²) in [5, 5.41) is 1.06. The van der Waals surface area contributed by atoms with E-state index >= 15 is 0 Å². The maximum atomic E-state index is 12.7. The molecule has 0 saturated carbocycles. The van der Waals surface area contributed by atoms with Gasteiger partial charge in [0.15, 0.2) is 0 Å². The second-order valence-corrected chi connectivity index (χ2v) is 6.56. The Morgan fingerprint density at radius 2 is 2.21 bits per heavy atom. The van der Waals surface area contributed by atoms with Crippen LogP contribution in [0.5, 0.6) is 0 Å². The minimum Gasteiger partial charge on any atom is -0.357 e. The third kappa shape index (κ3) is 2.49. The number of aromatic amines is 2. The highest BCUT2D eigenvalue weighted by atomic mass is 16.2. The molecule has 1 aliphatic rings. The molecule has 1 unspecified atom stereocenters. The number of fused-ring (bicyclic) bond motifs is 1. The second kappa shape index (κ2) is 5.79. The lowest BCUT2D eigenvalue weighted by Crippen LogP contribution is -2.34. The van der Waals surface area contributed by atoms with E-state index in [0.29, 0.717) is 11.7 Å². The molecule has 0 aromatic carbocycles. The van der Waals surface area contributed by atoms with E-state index in [1.807, 2.05) is 35.5 Å². The molecule has 0 aliphatic carbocycles. The van der Waals surface area contributed by atoms with Crippen molar-refractivity contribution in [3.8, 4) is 11.1 Å². The predicted octanol–water partition coefficient (Wildman–Crippen LogP) is 2.33. The van der Waals surface area contributed by atoms with Gasteiger partial charge in [0.1, 0.15) is 11.3 Å². The predicted molar refractivity (Wildman–Crippen MR) is 93.9 cm³/mol. The molecule has 1 atom stereocenters. The number of amides is 1. The van der Waals surface area contributed by atoms with Gasteiger partial charge in [-0.3, -0.25) is 4.79 Å². The molecule has 3 aromatic heterocycles. The SMILES string of the molecule is CN(C)C1CCN(C(=O)c2cc(-c3ccnc4[nH]ccc34)c[nH]2)C1. The van der Waals surface area contributed by atoms with Crippen molar-refractivity contribution in [2.75, 3.05) is 27.2 Å². The molecule has 124 valence electrons. The van der Waals surface area contributed by atoms with Gasteiger partial charge >= 0.3 is 0 Å². The summed E-state index contributed by atoms with van der Waals surface area (Å²) in [5.74, 6) is 0.0740. The highest BCUT2D eigenvalue weighted by molar-refractivity contribution is 5.97. The Bertz CT molecular complexity index is 878. The van der Waals surface area contributed by atoms with Gasteiger partial charge in [-0.15, -0.1) is 0 Å². The largest absolute Gasteiger partial charge is 0.357 e. The molecule has 0 spiro atoms. The van der Waals surface area contributed by atoms with Gasteiger partial charge in [0.2, 0.25) is 0 Å². The van der Waals surface area contributed by atoms with Gasteiger partial charge in [0, 0.05) is 48.7 Å². The number of nitrogens with one attached hydrogen (secondary N) is 2. The average Bonchev–Trinajstić information content (AvgIpc) is 3.32. The molecule has 6 heteroatoms. The Labute approximate surface area is 140 Å². The lowest BCUT2D eigenvalue weighted by atomic mass is 10.1. The molecule has 1 fully saturated rings. The molecule has 3 aromatic rings. The third-order valence-electron chi connectivity index (χ3n) is 4.87. The van der Waals surface area contributed by atoms with Crippen molar-refractivity contribution in [3.63, 3.8) is 0 Å². The normalized spacial score (nSPS) is 18.0. The molecule has 0 radical (unpaired) electrons. The van der Waals surface area contributed by atoms with Crippen LogP contribution in [0.25, 0.3) is 22.2 Å². The summed E-state index contributed by atoms with van der Waals surface area (Å²) in [6, 6.07) is 6.37. The molecule has 4 heterocycles. The van der Waals surface area contributed by atoms with Gasteiger partial charge in [-0.1, -0.05) is 0 Å². The molecule has 2 N–H and O–H groups in total. The Kier molecular flexibility index (Phi) is 3.61. The number of rotatable bonds is 3. The van der Waals surface area contributed by atoms with E-state index in [4.69, 9.17) is 0 Å². The van der Waals surface area contributed by atoms with Crippen molar-refractivity contribution in [1.29, 1.82) is 0 Å². The average molecular weight is 323 g/mol. The first kappa shape index (κ1) is 15.0. The summed E-state index contributed by atoms with van der Waals surface area (Å²) in [7, 11) is 4.13. The van der Waals surface area contributed by atoms with Crippen LogP contribution in [0.2, 0.25) is 0 Å². The van der Waals surface area contributed by atoms with Gasteiger partial charge < -0.3 is 19.8 Å². The fraction of sp³-hybridized carbons (Fsp3) is 0.333. The van der Waals surface area contributed by atoms with Gasteiger partial charge in [-0.25, -0.2) is 4.98 Å². The number of nitrogens with zero attached hydrogens (tertiary/aromatic N) is 3. The zero-order valence-corrected chi connectivity index (χ0v) is 13.9. The number of carbonyl (C=O) groups is 1. The van der Waals surface area contributed by atoms with E-state index in [-0.39, 0.29) is 5.91 Å². The minimum absolute atomic E-state index is 0.0740. The zero-order valence-electron chi connectivity index (χ0n) is 13.9. The highest BCUT2D eigenvalue weighted by Gasteiger charge is 2.28. The summed E-state index contributed by atoms with van der Waals surface area (Å²) in [4.78, 5) is 27.4. The zero-order chi connectivity index (χ0) is 16.7. The fourth-order valence-electron chi connectivity index (χ4n) is 3.40. The summed E-state index contributed by atoms with van der Waals surface area (Å²) in [6.07, 6.45) is 6.59. The lowest BCUT2D eigenvalue weighted by molar-refractivity contribution is 0.0778. The van der Waals surface area contributed by atoms with E-state index in [2.05, 4.69) is 33.9 Å². The van der Waals surface area contributed by atoms with Crippen molar-refractivity contribution in [1.82, 2.24) is 24.8 Å². The molecular weight excluding hydrogens is 302 g/mol. The standard InChI is InChI=1S/C18H21N5O/c1-22(2)13-5-8-23(11-13)18(24)16-9-12(10-21-16)14-3-6-19-17-15(14)4-7-20-17/h3-4,6-7,9-10,13,21H,5,8,11H2,1-2H3,(H,19,20). The van der Waals surface area contributed by atoms with Crippen LogP contribution < -0.4 is 0 Å². The number of hydrogen-bond donors (Lipinski definition) is 2. The first-order valence-electron chi connectivity index (χ1n) is 8.20. The summed E-state index contributed by atoms with van der Waals surface area (Å²) < 4.78 is 0. The smallest absolute Gasteiger partial charge is 0.270 e. The monoisotopic (exact) mass is 323 g/mol. The Hall–Kier alpha value is -2.60. The molecule has 1 amide bonds. The number of pyridine rings is 1. The summed E-state index contributed by atoms with van der Waals surface area (Å²) >= 11 is 0. The molecule has 0 bridgehead atoms. The van der Waals surface area contributed by atoms with Crippen LogP contribution in [0, 0.1) is 0 Å². The minimum atomic E-state index is 0.0740. The van der Waals surface area contributed by atoms with Crippen LogP contribution in [-0.4, -0.2) is 63.9 Å². The number of hydrogen-bond acceptors (Lipinski definition) is 3. The van der Waals surface area contributed by atoms with Gasteiger partial charge in [0.05, 0.1) is 0 Å². The van der Waals surface area contributed by atoms with Crippen LogP contribution in [-0.2, 0) is 0 Å². The number of aromatic nitrogens is 3. The molecule has 1 aliphatic heterocycles. The van der Waals surface area contributed by atoms with Crippen molar-refractivity contribution in [2.24, 2.45) is 0 Å². The first-order valence-corrected chi connectivity index (χ1v) is 8.20. The van der Waals surface area contributed by atoms with Crippen LogP contribution in [0.15, 0.2) is 36.8 Å². The van der Waals surface area contributed by atoms with Crippen LogP contribution in [0.1, 0.15) is 16.9 Å². The molecule has 4 rings (SSSR count). The van der Waals surface area contributed by atoms with E-state index in [1.165, 1.54) is 0 Å². The van der Waals surface area contributed by atoms with Crippen molar-refractivity contribution in [2.45, 2.75) is 12.5 Å². The van der Waals surface area contributed by atoms with Crippen molar-refractivity contribution in [3.05, 3.63) is 42.5 Å². The van der Waals surface area contributed by atoms with Gasteiger partial charge in [0.25, 0.3) is 5.91 Å². The fourth-order valence-corrected chi connectivity index (χ4v) is 3.40. The van der Waals surface area contributed by atoms with E-state index in [0.717, 1.165) is 41.7 Å². The van der Waals surface area contributed by atoms with E-state index < -0.39 is 0 Å². The molecule has 1 saturated heterocycles. The summed E-state index contributed by atoms with van der Waals surface area (Å²) in [5.41, 5.74) is 3.58. The number of likely N-dealkylation sites (N-methyl/N-ethyl adjacent to an activating group) is 1. The molecule has 6 nitrogen and oxygen atoms in total.